The number of hydrogen-bond acceptors (Lipinski definition) is 6. The van der Waals surface area contributed by atoms with Crippen LogP contribution in [-0.2, 0) is 0 Å². The molecule has 4 heterocycles. The molecule has 1 fully saturated rings. The van der Waals surface area contributed by atoms with Gasteiger partial charge in [0.2, 0.25) is 0 Å². The topological polar surface area (TPSA) is 91.9 Å². The maximum atomic E-state index is 14.6. The first-order valence-corrected chi connectivity index (χ1v) is 11.9. The predicted octanol–water partition coefficient (Wildman–Crippen LogP) is 4.47. The van der Waals surface area contributed by atoms with E-state index in [9.17, 15) is 8.78 Å². The Morgan fingerprint density at radius 2 is 1.92 bits per heavy atom. The third-order valence-electron chi connectivity index (χ3n) is 7.03. The number of rotatable bonds is 4. The van der Waals surface area contributed by atoms with Crippen LogP contribution >= 0.6 is 0 Å². The number of aromatic nitrogens is 5. The van der Waals surface area contributed by atoms with Gasteiger partial charge in [-0.05, 0) is 43.3 Å². The molecular weight excluding hydrogens is 462 g/mol. The Hall–Kier alpha value is -4.05. The molecule has 2 aliphatic rings. The first kappa shape index (κ1) is 22.4. The van der Waals surface area contributed by atoms with Crippen LogP contribution in [0.5, 0.6) is 0 Å². The van der Waals surface area contributed by atoms with Crippen molar-refractivity contribution in [3.63, 3.8) is 0 Å². The van der Waals surface area contributed by atoms with E-state index >= 15 is 0 Å². The lowest BCUT2D eigenvalue weighted by Gasteiger charge is -2.34. The Kier molecular flexibility index (Phi) is 5.52. The van der Waals surface area contributed by atoms with Crippen molar-refractivity contribution in [2.45, 2.75) is 12.5 Å². The number of pyridine rings is 1. The molecule has 4 aromatic rings. The second-order valence-corrected chi connectivity index (χ2v) is 9.30. The lowest BCUT2D eigenvalue weighted by molar-refractivity contribution is 0.313. The number of H-pyrrole nitrogens is 1. The summed E-state index contributed by atoms with van der Waals surface area (Å²) in [5.74, 6) is -1.26. The number of benzene rings is 1. The minimum absolute atomic E-state index is 0.315. The highest BCUT2D eigenvalue weighted by atomic mass is 19.2. The molecule has 1 aromatic carbocycles. The van der Waals surface area contributed by atoms with Crippen LogP contribution < -0.4 is 10.6 Å². The minimum Gasteiger partial charge on any atom is -0.397 e. The number of aromatic amines is 1. The van der Waals surface area contributed by atoms with Gasteiger partial charge in [-0.2, -0.15) is 0 Å². The van der Waals surface area contributed by atoms with Crippen molar-refractivity contribution >= 4 is 22.4 Å². The molecule has 36 heavy (non-hydrogen) atoms. The smallest absolute Gasteiger partial charge is 0.166 e. The van der Waals surface area contributed by atoms with Gasteiger partial charge in [0.1, 0.15) is 12.0 Å². The molecule has 0 saturated carbocycles. The number of nitrogens with one attached hydrogen (secondary N) is 1. The summed E-state index contributed by atoms with van der Waals surface area (Å²) < 4.78 is 30.1. The second kappa shape index (κ2) is 8.87. The van der Waals surface area contributed by atoms with Gasteiger partial charge in [-0.15, -0.1) is 10.2 Å². The van der Waals surface area contributed by atoms with Crippen LogP contribution in [-0.4, -0.2) is 62.9 Å². The Bertz CT molecular complexity index is 1490. The van der Waals surface area contributed by atoms with Gasteiger partial charge in [0.05, 0.1) is 17.4 Å². The van der Waals surface area contributed by atoms with Crippen molar-refractivity contribution in [3.8, 4) is 22.5 Å². The summed E-state index contributed by atoms with van der Waals surface area (Å²) in [7, 11) is 2.13. The number of nitrogens with two attached hydrogens (primary N) is 1. The Labute approximate surface area is 206 Å². The summed E-state index contributed by atoms with van der Waals surface area (Å²) in [5, 5.41) is 9.02. The quantitative estimate of drug-likeness (QED) is 0.412. The molecule has 8 nitrogen and oxygen atoms in total. The summed E-state index contributed by atoms with van der Waals surface area (Å²) in [4.78, 5) is 12.4. The van der Waals surface area contributed by atoms with Gasteiger partial charge in [0, 0.05) is 55.1 Å². The summed E-state index contributed by atoms with van der Waals surface area (Å²) in [6, 6.07) is 7.27. The first-order chi connectivity index (χ1) is 17.5. The zero-order valence-corrected chi connectivity index (χ0v) is 19.8. The fourth-order valence-corrected chi connectivity index (χ4v) is 4.96. The molecule has 0 amide bonds. The van der Waals surface area contributed by atoms with Gasteiger partial charge in [-0.3, -0.25) is 0 Å². The van der Waals surface area contributed by atoms with Crippen LogP contribution in [0.25, 0.3) is 33.5 Å². The van der Waals surface area contributed by atoms with E-state index in [0.717, 1.165) is 60.1 Å². The van der Waals surface area contributed by atoms with Crippen LogP contribution in [0.15, 0.2) is 66.8 Å². The largest absolute Gasteiger partial charge is 0.397 e. The summed E-state index contributed by atoms with van der Waals surface area (Å²) >= 11 is 0. The number of allylic oxidation sites excluding steroid dienone is 4. The van der Waals surface area contributed by atoms with Crippen LogP contribution in [0.2, 0.25) is 0 Å². The van der Waals surface area contributed by atoms with Crippen LogP contribution in [0, 0.1) is 0 Å². The molecule has 3 aromatic heterocycles. The van der Waals surface area contributed by atoms with E-state index < -0.39 is 17.7 Å². The molecule has 184 valence electrons. The van der Waals surface area contributed by atoms with E-state index in [0.29, 0.717) is 23.5 Å². The number of piperazine rings is 1. The number of nitrogen functional groups attached to an aromatic ring is 1. The molecule has 3 N–H and O–H groups in total. The molecule has 1 atom stereocenters. The fourth-order valence-electron chi connectivity index (χ4n) is 4.96. The van der Waals surface area contributed by atoms with Crippen molar-refractivity contribution in [2.75, 3.05) is 43.9 Å². The van der Waals surface area contributed by atoms with Gasteiger partial charge in [0.15, 0.2) is 17.5 Å². The lowest BCUT2D eigenvalue weighted by atomic mass is 10.0. The number of halogens is 2. The minimum atomic E-state index is -0.869. The SMILES string of the molecule is CN1CCN(c2ccc(-c3cnc4[nH]cc(-c5nncn5C5CC=CC(F)=C5F)c4c3)cc2N)CC1. The standard InChI is InChI=1S/C26H26F2N8/c1-34-7-9-35(10-8-34)22-6-5-16(12-21(22)29)17-11-18-19(14-31-25(18)30-13-17)26-33-32-15-36(26)23-4-2-3-20(27)24(23)28/h2-3,5-6,11-15,23H,4,7-10,29H2,1H3,(H,30,31). The van der Waals surface area contributed by atoms with Gasteiger partial charge >= 0.3 is 0 Å². The highest BCUT2D eigenvalue weighted by Crippen LogP contribution is 2.37. The highest BCUT2D eigenvalue weighted by Gasteiger charge is 2.26. The van der Waals surface area contributed by atoms with Gasteiger partial charge < -0.3 is 25.1 Å². The van der Waals surface area contributed by atoms with E-state index in [2.05, 4.69) is 49.1 Å². The van der Waals surface area contributed by atoms with E-state index in [1.807, 2.05) is 12.1 Å². The average Bonchev–Trinajstić information content (AvgIpc) is 3.53. The van der Waals surface area contributed by atoms with Gasteiger partial charge in [-0.1, -0.05) is 12.1 Å². The van der Waals surface area contributed by atoms with Crippen LogP contribution in [0.3, 0.4) is 0 Å². The molecule has 1 unspecified atom stereocenters. The summed E-state index contributed by atoms with van der Waals surface area (Å²) in [6.07, 6.45) is 8.07. The average molecular weight is 489 g/mol. The third kappa shape index (κ3) is 3.83. The predicted molar refractivity (Wildman–Crippen MR) is 137 cm³/mol. The Morgan fingerprint density at radius 3 is 2.72 bits per heavy atom. The monoisotopic (exact) mass is 488 g/mol. The van der Waals surface area contributed by atoms with E-state index in [1.165, 1.54) is 6.33 Å². The van der Waals surface area contributed by atoms with Gasteiger partial charge in [-0.25, -0.2) is 13.8 Å². The van der Waals surface area contributed by atoms with Crippen LogP contribution in [0.4, 0.5) is 20.2 Å². The normalized spacial score (nSPS) is 19.0. The number of hydrogen-bond donors (Lipinski definition) is 2. The van der Waals surface area contributed by atoms with E-state index in [4.69, 9.17) is 5.73 Å². The maximum Gasteiger partial charge on any atom is 0.166 e. The molecule has 1 saturated heterocycles. The van der Waals surface area contributed by atoms with E-state index in [1.54, 1.807) is 23.0 Å². The highest BCUT2D eigenvalue weighted by molar-refractivity contribution is 5.94. The van der Waals surface area contributed by atoms with Gasteiger partial charge in [0.25, 0.3) is 0 Å². The third-order valence-corrected chi connectivity index (χ3v) is 7.03. The zero-order chi connectivity index (χ0) is 24.8. The lowest BCUT2D eigenvalue weighted by Crippen LogP contribution is -2.44. The second-order valence-electron chi connectivity index (χ2n) is 9.30. The van der Waals surface area contributed by atoms with Crippen molar-refractivity contribution in [3.05, 3.63) is 66.8 Å². The maximum absolute atomic E-state index is 14.6. The zero-order valence-electron chi connectivity index (χ0n) is 19.8. The van der Waals surface area contributed by atoms with E-state index in [-0.39, 0.29) is 0 Å². The van der Waals surface area contributed by atoms with Crippen LogP contribution in [0.1, 0.15) is 12.5 Å². The molecule has 6 rings (SSSR count). The molecule has 0 bridgehead atoms. The summed E-state index contributed by atoms with van der Waals surface area (Å²) in [6.45, 7) is 3.90. The molecule has 1 aliphatic heterocycles. The fraction of sp³-hybridized carbons (Fsp3) is 0.269. The Balaban J connectivity index is 1.35. The first-order valence-electron chi connectivity index (χ1n) is 11.9. The van der Waals surface area contributed by atoms with Crippen molar-refractivity contribution in [2.24, 2.45) is 0 Å². The molecule has 1 aliphatic carbocycles. The molecular formula is C26H26F2N8. The molecule has 0 radical (unpaired) electrons. The van der Waals surface area contributed by atoms with Crippen molar-refractivity contribution in [1.29, 1.82) is 0 Å². The number of fused-ring (bicyclic) bond motifs is 1. The Morgan fingerprint density at radius 1 is 1.08 bits per heavy atom. The summed E-state index contributed by atoms with van der Waals surface area (Å²) in [5.41, 5.74) is 11.4. The number of nitrogens with zero attached hydrogens (tertiary/aromatic N) is 6. The van der Waals surface area contributed by atoms with Crippen molar-refractivity contribution in [1.82, 2.24) is 29.6 Å². The number of likely N-dealkylation sites (N-methyl/N-ethyl adjacent to an activating group) is 1. The molecule has 10 heteroatoms. The number of anilines is 2. The molecule has 0 spiro atoms. The van der Waals surface area contributed by atoms with Crippen molar-refractivity contribution < 1.29 is 8.78 Å².